The molecule has 1 aromatic carbocycles. The highest BCUT2D eigenvalue weighted by molar-refractivity contribution is 5.81. The van der Waals surface area contributed by atoms with Crippen LogP contribution in [0.15, 0.2) is 48.8 Å². The first-order valence-electron chi connectivity index (χ1n) is 8.70. The highest BCUT2D eigenvalue weighted by Gasteiger charge is 2.28. The highest BCUT2D eigenvalue weighted by Crippen LogP contribution is 2.27. The highest BCUT2D eigenvalue weighted by atomic mass is 16.5. The summed E-state index contributed by atoms with van der Waals surface area (Å²) in [7, 11) is 0. The third-order valence-corrected chi connectivity index (χ3v) is 4.76. The molecule has 1 fully saturated rings. The molecule has 0 spiro atoms. The Kier molecular flexibility index (Phi) is 5.66. The van der Waals surface area contributed by atoms with Crippen LogP contribution in [0, 0.1) is 6.92 Å². The lowest BCUT2D eigenvalue weighted by atomic mass is 9.90. The number of aliphatic hydroxyl groups excluding tert-OH is 1. The fourth-order valence-corrected chi connectivity index (χ4v) is 3.24. The molecule has 1 aromatic heterocycles. The normalized spacial score (nSPS) is 16.5. The lowest BCUT2D eigenvalue weighted by molar-refractivity contribution is -0.142. The van der Waals surface area contributed by atoms with Crippen molar-refractivity contribution in [3.8, 4) is 5.75 Å². The number of aliphatic hydroxyl groups is 1. The topological polar surface area (TPSA) is 62.7 Å². The maximum absolute atomic E-state index is 12.4. The van der Waals surface area contributed by atoms with Crippen LogP contribution in [-0.4, -0.2) is 46.7 Å². The van der Waals surface area contributed by atoms with E-state index >= 15 is 0 Å². The van der Waals surface area contributed by atoms with Gasteiger partial charge in [-0.25, -0.2) is 0 Å². The second kappa shape index (κ2) is 8.12. The first-order chi connectivity index (χ1) is 12.1. The largest absolute Gasteiger partial charge is 0.490 e. The Morgan fingerprint density at radius 3 is 2.60 bits per heavy atom. The Bertz CT molecular complexity index is 697. The molecule has 1 saturated heterocycles. The summed E-state index contributed by atoms with van der Waals surface area (Å²) in [5.41, 5.74) is 2.26. The summed E-state index contributed by atoms with van der Waals surface area (Å²) in [5.74, 6) is 0.903. The van der Waals surface area contributed by atoms with Crippen molar-refractivity contribution < 1.29 is 14.6 Å². The van der Waals surface area contributed by atoms with Crippen LogP contribution >= 0.6 is 0 Å². The van der Waals surface area contributed by atoms with Crippen molar-refractivity contribution in [3.63, 3.8) is 0 Å². The van der Waals surface area contributed by atoms with Crippen LogP contribution in [-0.2, 0) is 4.79 Å². The summed E-state index contributed by atoms with van der Waals surface area (Å²) in [6, 6.07) is 11.7. The van der Waals surface area contributed by atoms with Crippen molar-refractivity contribution in [2.45, 2.75) is 31.8 Å². The predicted octanol–water partition coefficient (Wildman–Crippen LogP) is 2.54. The fraction of sp³-hybridized carbons (Fsp3) is 0.400. The number of ether oxygens (including phenoxy) is 1. The molecular weight excluding hydrogens is 316 g/mol. The van der Waals surface area contributed by atoms with Crippen LogP contribution in [0.3, 0.4) is 0 Å². The maximum Gasteiger partial charge on any atom is 0.254 e. The minimum Gasteiger partial charge on any atom is -0.490 e. The molecule has 1 amide bonds. The van der Waals surface area contributed by atoms with Gasteiger partial charge < -0.3 is 14.7 Å². The zero-order valence-corrected chi connectivity index (χ0v) is 14.5. The molecule has 25 heavy (non-hydrogen) atoms. The van der Waals surface area contributed by atoms with Gasteiger partial charge in [-0.05, 0) is 55.0 Å². The van der Waals surface area contributed by atoms with Crippen molar-refractivity contribution in [1.29, 1.82) is 0 Å². The number of aryl methyl sites for hydroxylation is 1. The molecule has 1 atom stereocenters. The van der Waals surface area contributed by atoms with Gasteiger partial charge in [0.15, 0.2) is 6.10 Å². The third-order valence-electron chi connectivity index (χ3n) is 4.76. The summed E-state index contributed by atoms with van der Waals surface area (Å²) in [6.45, 7) is 3.24. The Balaban J connectivity index is 1.49. The molecule has 1 aliphatic rings. The average Bonchev–Trinajstić information content (AvgIpc) is 2.67. The van der Waals surface area contributed by atoms with Crippen molar-refractivity contribution in [2.75, 3.05) is 19.7 Å². The number of likely N-dealkylation sites (tertiary alicyclic amines) is 1. The number of aromatic nitrogens is 1. The van der Waals surface area contributed by atoms with Gasteiger partial charge in [0.25, 0.3) is 5.91 Å². The van der Waals surface area contributed by atoms with Crippen molar-refractivity contribution in [2.24, 2.45) is 0 Å². The number of benzene rings is 1. The van der Waals surface area contributed by atoms with Crippen LogP contribution in [0.5, 0.6) is 5.75 Å². The third kappa shape index (κ3) is 4.37. The van der Waals surface area contributed by atoms with Gasteiger partial charge in [-0.1, -0.05) is 18.2 Å². The number of hydrogen-bond acceptors (Lipinski definition) is 4. The molecule has 0 saturated carbocycles. The zero-order valence-electron chi connectivity index (χ0n) is 14.5. The standard InChI is InChI=1S/C20H24N2O3/c1-15-4-2-3-5-19(15)25-14-18(23)20(24)22-12-8-17(9-13-22)16-6-10-21-11-7-16/h2-7,10-11,17-18,23H,8-9,12-14H2,1H3. The number of piperidine rings is 1. The molecule has 1 N–H and O–H groups in total. The smallest absolute Gasteiger partial charge is 0.254 e. The molecule has 5 heteroatoms. The van der Waals surface area contributed by atoms with E-state index < -0.39 is 6.10 Å². The lowest BCUT2D eigenvalue weighted by Crippen LogP contribution is -2.45. The van der Waals surface area contributed by atoms with Gasteiger partial charge in [0.1, 0.15) is 12.4 Å². The minimum absolute atomic E-state index is 0.0199. The second-order valence-electron chi connectivity index (χ2n) is 6.47. The van der Waals surface area contributed by atoms with Gasteiger partial charge >= 0.3 is 0 Å². The molecule has 1 unspecified atom stereocenters. The summed E-state index contributed by atoms with van der Waals surface area (Å²) in [5, 5.41) is 10.2. The van der Waals surface area contributed by atoms with E-state index in [4.69, 9.17) is 4.74 Å². The quantitative estimate of drug-likeness (QED) is 0.908. The first-order valence-corrected chi connectivity index (χ1v) is 8.70. The number of pyridine rings is 1. The van der Waals surface area contributed by atoms with Gasteiger partial charge in [0.2, 0.25) is 0 Å². The van der Waals surface area contributed by atoms with E-state index in [0.717, 1.165) is 18.4 Å². The number of hydrogen-bond donors (Lipinski definition) is 1. The van der Waals surface area contributed by atoms with Crippen molar-refractivity contribution in [1.82, 2.24) is 9.88 Å². The Morgan fingerprint density at radius 1 is 1.24 bits per heavy atom. The minimum atomic E-state index is -1.13. The number of carbonyl (C=O) groups is 1. The van der Waals surface area contributed by atoms with Crippen LogP contribution in [0.25, 0.3) is 0 Å². The van der Waals surface area contributed by atoms with Gasteiger partial charge in [0.05, 0.1) is 0 Å². The molecule has 2 heterocycles. The van der Waals surface area contributed by atoms with Gasteiger partial charge in [-0.2, -0.15) is 0 Å². The summed E-state index contributed by atoms with van der Waals surface area (Å²) in [6.07, 6.45) is 4.29. The molecular formula is C20H24N2O3. The van der Waals surface area contributed by atoms with Crippen LogP contribution in [0.1, 0.15) is 29.9 Å². The van der Waals surface area contributed by atoms with E-state index in [1.807, 2.05) is 43.3 Å². The predicted molar refractivity (Wildman–Crippen MR) is 95.5 cm³/mol. The Morgan fingerprint density at radius 2 is 1.92 bits per heavy atom. The maximum atomic E-state index is 12.4. The summed E-state index contributed by atoms with van der Waals surface area (Å²) < 4.78 is 5.60. The lowest BCUT2D eigenvalue weighted by Gasteiger charge is -2.33. The van der Waals surface area contributed by atoms with E-state index in [-0.39, 0.29) is 12.5 Å². The van der Waals surface area contributed by atoms with Gasteiger partial charge in [0, 0.05) is 25.5 Å². The molecule has 3 rings (SSSR count). The van der Waals surface area contributed by atoms with Gasteiger partial charge in [-0.3, -0.25) is 9.78 Å². The van der Waals surface area contributed by atoms with E-state index in [1.165, 1.54) is 5.56 Å². The molecule has 1 aliphatic heterocycles. The number of rotatable bonds is 5. The average molecular weight is 340 g/mol. The van der Waals surface area contributed by atoms with E-state index in [0.29, 0.717) is 24.8 Å². The van der Waals surface area contributed by atoms with E-state index in [2.05, 4.69) is 4.98 Å². The van der Waals surface area contributed by atoms with Crippen LogP contribution < -0.4 is 4.74 Å². The summed E-state index contributed by atoms with van der Waals surface area (Å²) >= 11 is 0. The Hall–Kier alpha value is -2.40. The molecule has 5 nitrogen and oxygen atoms in total. The monoisotopic (exact) mass is 340 g/mol. The Labute approximate surface area is 148 Å². The summed E-state index contributed by atoms with van der Waals surface area (Å²) in [4.78, 5) is 18.2. The van der Waals surface area contributed by atoms with Crippen molar-refractivity contribution in [3.05, 3.63) is 59.9 Å². The molecule has 132 valence electrons. The van der Waals surface area contributed by atoms with Crippen LogP contribution in [0.2, 0.25) is 0 Å². The fourth-order valence-electron chi connectivity index (χ4n) is 3.24. The number of para-hydroxylation sites is 1. The SMILES string of the molecule is Cc1ccccc1OCC(O)C(=O)N1CCC(c2ccncc2)CC1. The number of carbonyl (C=O) groups excluding carboxylic acids is 1. The van der Waals surface area contributed by atoms with Gasteiger partial charge in [-0.15, -0.1) is 0 Å². The number of amides is 1. The molecule has 0 aliphatic carbocycles. The second-order valence-corrected chi connectivity index (χ2v) is 6.47. The van der Waals surface area contributed by atoms with Crippen LogP contribution in [0.4, 0.5) is 0 Å². The first kappa shape index (κ1) is 17.4. The molecule has 0 bridgehead atoms. The molecule has 0 radical (unpaired) electrons. The molecule has 2 aromatic rings. The van der Waals surface area contributed by atoms with Crippen molar-refractivity contribution >= 4 is 5.91 Å². The van der Waals surface area contributed by atoms with E-state index in [1.54, 1.807) is 17.3 Å². The van der Waals surface area contributed by atoms with E-state index in [9.17, 15) is 9.90 Å². The number of nitrogens with zero attached hydrogens (tertiary/aromatic N) is 2. The zero-order chi connectivity index (χ0) is 17.6.